The second-order valence-corrected chi connectivity index (χ2v) is 14.8. The van der Waals surface area contributed by atoms with Gasteiger partial charge in [-0.3, -0.25) is 4.98 Å². The van der Waals surface area contributed by atoms with Gasteiger partial charge in [0.1, 0.15) is 0 Å². The van der Waals surface area contributed by atoms with Crippen LogP contribution >= 0.6 is 0 Å². The molecule has 0 atom stereocenters. The molecule has 0 aliphatic heterocycles. The highest BCUT2D eigenvalue weighted by atomic mass is 14.8. The zero-order valence-corrected chi connectivity index (χ0v) is 30.4. The van der Waals surface area contributed by atoms with Crippen LogP contribution in [-0.4, -0.2) is 9.97 Å². The third kappa shape index (κ3) is 4.57. The van der Waals surface area contributed by atoms with Gasteiger partial charge in [-0.15, -0.1) is 0 Å². The third-order valence-electron chi connectivity index (χ3n) is 11.9. The Morgan fingerprint density at radius 3 is 1.48 bits per heavy atom. The third-order valence-corrected chi connectivity index (χ3v) is 11.9. The van der Waals surface area contributed by atoms with Gasteiger partial charge >= 0.3 is 0 Å². The summed E-state index contributed by atoms with van der Waals surface area (Å²) in [6.07, 6.45) is 1.85. The van der Waals surface area contributed by atoms with Gasteiger partial charge in [0.05, 0.1) is 16.7 Å². The number of aromatic nitrogens is 2. The van der Waals surface area contributed by atoms with Gasteiger partial charge in [0.15, 0.2) is 0 Å². The first kappa shape index (κ1) is 31.0. The van der Waals surface area contributed by atoms with Crippen molar-refractivity contribution in [1.29, 1.82) is 0 Å². The van der Waals surface area contributed by atoms with Crippen LogP contribution in [-0.2, 0) is 0 Å². The minimum atomic E-state index is 0.930. The first-order valence-electron chi connectivity index (χ1n) is 19.2. The van der Waals surface area contributed by atoms with Crippen LogP contribution in [0.1, 0.15) is 0 Å². The highest BCUT2D eigenvalue weighted by Gasteiger charge is 2.16. The predicted octanol–water partition coefficient (Wildman–Crippen LogP) is 14.7. The van der Waals surface area contributed by atoms with E-state index in [9.17, 15) is 0 Å². The molecular weight excluding hydrogens is 677 g/mol. The van der Waals surface area contributed by atoms with Crippen molar-refractivity contribution in [2.45, 2.75) is 0 Å². The van der Waals surface area contributed by atoms with Crippen molar-refractivity contribution in [3.63, 3.8) is 0 Å². The van der Waals surface area contributed by atoms with Gasteiger partial charge in [-0.2, -0.15) is 0 Å². The van der Waals surface area contributed by atoms with E-state index in [2.05, 4.69) is 182 Å². The number of benzene rings is 9. The molecule has 2 aromatic heterocycles. The summed E-state index contributed by atoms with van der Waals surface area (Å²) in [6.45, 7) is 0. The van der Waals surface area contributed by atoms with Crippen molar-refractivity contribution in [3.8, 4) is 33.5 Å². The summed E-state index contributed by atoms with van der Waals surface area (Å²) in [7, 11) is 0. The van der Waals surface area contributed by atoms with Crippen molar-refractivity contribution < 1.29 is 0 Å². The number of hydrogen-bond acceptors (Lipinski definition) is 2. The largest absolute Gasteiger partial charge is 0.254 e. The summed E-state index contributed by atoms with van der Waals surface area (Å²) in [5.41, 5.74) is 8.74. The molecule has 0 aliphatic rings. The lowest BCUT2D eigenvalue weighted by atomic mass is 9.87. The predicted molar refractivity (Wildman–Crippen MR) is 238 cm³/mol. The maximum atomic E-state index is 5.21. The molecule has 2 nitrogen and oxygen atoms in total. The van der Waals surface area contributed by atoms with Crippen molar-refractivity contribution in [1.82, 2.24) is 9.97 Å². The first-order chi connectivity index (χ1) is 27.8. The van der Waals surface area contributed by atoms with E-state index in [0.29, 0.717) is 0 Å². The molecular formula is C54H32N2. The van der Waals surface area contributed by atoms with Gasteiger partial charge in [0.25, 0.3) is 0 Å². The summed E-state index contributed by atoms with van der Waals surface area (Å²) in [5.74, 6) is 0. The molecule has 0 unspecified atom stereocenters. The number of hydrogen-bond donors (Lipinski definition) is 0. The Balaban J connectivity index is 1.04. The van der Waals surface area contributed by atoms with Gasteiger partial charge in [-0.05, 0) is 99.0 Å². The average molecular weight is 709 g/mol. The molecule has 2 heterocycles. The minimum absolute atomic E-state index is 0.930. The first-order valence-corrected chi connectivity index (χ1v) is 19.2. The topological polar surface area (TPSA) is 25.8 Å². The van der Waals surface area contributed by atoms with E-state index in [1.54, 1.807) is 0 Å². The van der Waals surface area contributed by atoms with E-state index < -0.39 is 0 Å². The van der Waals surface area contributed by atoms with E-state index in [1.165, 1.54) is 86.9 Å². The molecule has 0 aliphatic carbocycles. The Bertz CT molecular complexity index is 3580. The normalized spacial score (nSPS) is 11.9. The highest BCUT2D eigenvalue weighted by molar-refractivity contribution is 6.34. The summed E-state index contributed by atoms with van der Waals surface area (Å²) >= 11 is 0. The fourth-order valence-corrected chi connectivity index (χ4v) is 9.33. The lowest BCUT2D eigenvalue weighted by Gasteiger charge is -2.16. The standard InChI is InChI=1S/C54H32N2/c1-2-13-42-41(12-1)39(29-30-44(42)49-31-28-38-27-26-37-11-8-32-55-53(37)54(38)56-49)33-20-22-34(23-21-33)40-16-7-19-48-47-18-6-10-36-25-24-35-9-5-17-45(50(35)51(36)47)43-14-3-4-15-46(43)52(40)48/h1-32H. The summed E-state index contributed by atoms with van der Waals surface area (Å²) in [4.78, 5) is 9.90. The SMILES string of the molecule is c1cnc2c(c1)ccc1ccc(-c3ccc(-c4ccc(-c5cccc6c7cccc8ccc9cccc(c%10ccccc%10c56)c9c87)cc4)c4ccccc34)nc12. The molecule has 0 saturated carbocycles. The molecule has 2 heteroatoms. The van der Waals surface area contributed by atoms with E-state index in [-0.39, 0.29) is 0 Å². The number of nitrogens with zero attached hydrogens (tertiary/aromatic N) is 2. The summed E-state index contributed by atoms with van der Waals surface area (Å²) in [5, 5.41) is 17.4. The van der Waals surface area contributed by atoms with E-state index in [4.69, 9.17) is 9.97 Å². The van der Waals surface area contributed by atoms with Crippen molar-refractivity contribution in [3.05, 3.63) is 194 Å². The molecule has 12 aromatic rings. The molecule has 56 heavy (non-hydrogen) atoms. The van der Waals surface area contributed by atoms with Crippen LogP contribution in [0.15, 0.2) is 194 Å². The Morgan fingerprint density at radius 1 is 0.268 bits per heavy atom. The van der Waals surface area contributed by atoms with Gasteiger partial charge in [-0.25, -0.2) is 4.98 Å². The smallest absolute Gasteiger partial charge is 0.0972 e. The minimum Gasteiger partial charge on any atom is -0.254 e. The van der Waals surface area contributed by atoms with Crippen LogP contribution in [0.3, 0.4) is 0 Å². The number of fused-ring (bicyclic) bond motifs is 9. The molecule has 0 fully saturated rings. The van der Waals surface area contributed by atoms with E-state index >= 15 is 0 Å². The van der Waals surface area contributed by atoms with Crippen LogP contribution in [0, 0.1) is 0 Å². The molecule has 0 N–H and O–H groups in total. The molecule has 0 amide bonds. The fraction of sp³-hybridized carbons (Fsp3) is 0. The molecule has 0 saturated heterocycles. The molecule has 0 spiro atoms. The van der Waals surface area contributed by atoms with Crippen LogP contribution in [0.4, 0.5) is 0 Å². The van der Waals surface area contributed by atoms with Crippen LogP contribution in [0.2, 0.25) is 0 Å². The molecule has 0 radical (unpaired) electrons. The van der Waals surface area contributed by atoms with Crippen LogP contribution < -0.4 is 0 Å². The lowest BCUT2D eigenvalue weighted by Crippen LogP contribution is -1.91. The second kappa shape index (κ2) is 12.0. The monoisotopic (exact) mass is 708 g/mol. The fourth-order valence-electron chi connectivity index (χ4n) is 9.33. The zero-order chi connectivity index (χ0) is 36.7. The Kier molecular flexibility index (Phi) is 6.66. The maximum Gasteiger partial charge on any atom is 0.0972 e. The summed E-state index contributed by atoms with van der Waals surface area (Å²) < 4.78 is 0. The van der Waals surface area contributed by atoms with E-state index in [0.717, 1.165) is 33.1 Å². The number of pyridine rings is 2. The van der Waals surface area contributed by atoms with Crippen molar-refractivity contribution in [2.24, 2.45) is 0 Å². The van der Waals surface area contributed by atoms with Crippen molar-refractivity contribution in [2.75, 3.05) is 0 Å². The maximum absolute atomic E-state index is 5.21. The molecule has 258 valence electrons. The van der Waals surface area contributed by atoms with Gasteiger partial charge in [0.2, 0.25) is 0 Å². The molecule has 10 aromatic carbocycles. The van der Waals surface area contributed by atoms with Crippen molar-refractivity contribution >= 4 is 86.4 Å². The van der Waals surface area contributed by atoms with Gasteiger partial charge in [0, 0.05) is 22.5 Å². The van der Waals surface area contributed by atoms with Crippen LogP contribution in [0.5, 0.6) is 0 Å². The van der Waals surface area contributed by atoms with Crippen LogP contribution in [0.25, 0.3) is 120 Å². The number of rotatable bonds is 3. The Labute approximate surface area is 322 Å². The molecule has 12 rings (SSSR count). The Hall–Kier alpha value is -7.42. The second-order valence-electron chi connectivity index (χ2n) is 14.8. The average Bonchev–Trinajstić information content (AvgIpc) is 3.27. The van der Waals surface area contributed by atoms with Gasteiger partial charge < -0.3 is 0 Å². The quantitative estimate of drug-likeness (QED) is 0.171. The Morgan fingerprint density at radius 2 is 0.750 bits per heavy atom. The zero-order valence-electron chi connectivity index (χ0n) is 30.4. The van der Waals surface area contributed by atoms with E-state index in [1.807, 2.05) is 12.3 Å². The lowest BCUT2D eigenvalue weighted by molar-refractivity contribution is 1.37. The summed E-state index contributed by atoms with van der Waals surface area (Å²) in [6, 6.07) is 68.8. The van der Waals surface area contributed by atoms with Gasteiger partial charge in [-0.1, -0.05) is 176 Å². The molecule has 0 bridgehead atoms. The highest BCUT2D eigenvalue weighted by Crippen LogP contribution is 2.43.